The van der Waals surface area contributed by atoms with Gasteiger partial charge in [0.1, 0.15) is 18.0 Å². The van der Waals surface area contributed by atoms with Crippen LogP contribution < -0.4 is 16.4 Å². The van der Waals surface area contributed by atoms with Gasteiger partial charge in [0.2, 0.25) is 0 Å². The van der Waals surface area contributed by atoms with Crippen molar-refractivity contribution in [3.63, 3.8) is 0 Å². The Morgan fingerprint density at radius 1 is 0.714 bits per heavy atom. The lowest BCUT2D eigenvalue weighted by molar-refractivity contribution is 1.17. The number of nitrogen functional groups attached to an aromatic ring is 1. The lowest BCUT2D eigenvalue weighted by atomic mass is 10.3. The molecule has 0 atom stereocenters. The number of hydrogen-bond acceptors (Lipinski definition) is 5. The SMILES string of the molecule is Nc1cccc(Nc2cc(Nc3ccccc3)ncn2)c1. The lowest BCUT2D eigenvalue weighted by Gasteiger charge is -2.09. The van der Waals surface area contributed by atoms with Gasteiger partial charge in [0.25, 0.3) is 0 Å². The number of hydrogen-bond donors (Lipinski definition) is 3. The number of aromatic nitrogens is 2. The zero-order chi connectivity index (χ0) is 14.5. The normalized spacial score (nSPS) is 10.1. The summed E-state index contributed by atoms with van der Waals surface area (Å²) in [5.41, 5.74) is 8.33. The predicted molar refractivity (Wildman–Crippen MR) is 85.9 cm³/mol. The highest BCUT2D eigenvalue weighted by molar-refractivity contribution is 5.64. The number of nitrogens with one attached hydrogen (secondary N) is 2. The maximum absolute atomic E-state index is 5.76. The highest BCUT2D eigenvalue weighted by Crippen LogP contribution is 2.20. The molecule has 0 saturated heterocycles. The van der Waals surface area contributed by atoms with Crippen LogP contribution in [-0.4, -0.2) is 9.97 Å². The first-order valence-electron chi connectivity index (χ1n) is 6.56. The van der Waals surface area contributed by atoms with Crippen LogP contribution in [-0.2, 0) is 0 Å². The second-order valence-electron chi connectivity index (χ2n) is 4.53. The van der Waals surface area contributed by atoms with E-state index in [1.807, 2.05) is 60.7 Å². The first kappa shape index (κ1) is 12.9. The van der Waals surface area contributed by atoms with E-state index in [0.717, 1.165) is 17.2 Å². The Kier molecular flexibility index (Phi) is 3.64. The standard InChI is InChI=1S/C16H15N5/c17-12-5-4-8-14(9-12)21-16-10-15(18-11-19-16)20-13-6-2-1-3-7-13/h1-11H,17H2,(H2,18,19,20,21). The van der Waals surface area contributed by atoms with Crippen molar-refractivity contribution in [2.24, 2.45) is 0 Å². The van der Waals surface area contributed by atoms with Gasteiger partial charge in [-0.3, -0.25) is 0 Å². The van der Waals surface area contributed by atoms with E-state index < -0.39 is 0 Å². The minimum atomic E-state index is 0.703. The summed E-state index contributed by atoms with van der Waals surface area (Å²) in [5.74, 6) is 1.43. The fourth-order valence-electron chi connectivity index (χ4n) is 1.93. The molecule has 0 spiro atoms. The Bertz CT molecular complexity index is 727. The smallest absolute Gasteiger partial charge is 0.135 e. The Balaban J connectivity index is 1.77. The Morgan fingerprint density at radius 3 is 2.10 bits per heavy atom. The van der Waals surface area contributed by atoms with Gasteiger partial charge >= 0.3 is 0 Å². The molecule has 0 aliphatic rings. The Hall–Kier alpha value is -3.08. The average Bonchev–Trinajstić information content (AvgIpc) is 2.49. The molecule has 0 saturated carbocycles. The maximum Gasteiger partial charge on any atom is 0.135 e. The van der Waals surface area contributed by atoms with Gasteiger partial charge in [0.15, 0.2) is 0 Å². The molecule has 104 valence electrons. The highest BCUT2D eigenvalue weighted by atomic mass is 15.1. The van der Waals surface area contributed by atoms with E-state index in [2.05, 4.69) is 20.6 Å². The van der Waals surface area contributed by atoms with Gasteiger partial charge in [-0.05, 0) is 30.3 Å². The lowest BCUT2D eigenvalue weighted by Crippen LogP contribution is -1.98. The molecule has 3 rings (SSSR count). The number of para-hydroxylation sites is 1. The number of nitrogens with two attached hydrogens (primary N) is 1. The molecule has 0 aliphatic heterocycles. The minimum Gasteiger partial charge on any atom is -0.399 e. The number of benzene rings is 2. The summed E-state index contributed by atoms with van der Waals surface area (Å²) >= 11 is 0. The monoisotopic (exact) mass is 277 g/mol. The molecule has 5 heteroatoms. The molecule has 4 N–H and O–H groups in total. The number of nitrogens with zero attached hydrogens (tertiary/aromatic N) is 2. The van der Waals surface area contributed by atoms with Crippen LogP contribution in [0, 0.1) is 0 Å². The molecular formula is C16H15N5. The number of rotatable bonds is 4. The third-order valence-corrected chi connectivity index (χ3v) is 2.87. The molecule has 2 aromatic carbocycles. The van der Waals surface area contributed by atoms with E-state index in [1.54, 1.807) is 0 Å². The van der Waals surface area contributed by atoms with Crippen molar-refractivity contribution in [3.05, 3.63) is 67.0 Å². The van der Waals surface area contributed by atoms with E-state index in [0.29, 0.717) is 11.5 Å². The summed E-state index contributed by atoms with van der Waals surface area (Å²) in [7, 11) is 0. The summed E-state index contributed by atoms with van der Waals surface area (Å²) in [4.78, 5) is 8.41. The van der Waals surface area contributed by atoms with Crippen molar-refractivity contribution >= 4 is 28.7 Å². The van der Waals surface area contributed by atoms with E-state index in [1.165, 1.54) is 6.33 Å². The Morgan fingerprint density at radius 2 is 1.38 bits per heavy atom. The van der Waals surface area contributed by atoms with Gasteiger partial charge in [0, 0.05) is 23.1 Å². The molecule has 1 aromatic heterocycles. The average molecular weight is 277 g/mol. The van der Waals surface area contributed by atoms with Crippen LogP contribution >= 0.6 is 0 Å². The topological polar surface area (TPSA) is 75.9 Å². The van der Waals surface area contributed by atoms with Crippen LogP contribution in [0.1, 0.15) is 0 Å². The highest BCUT2D eigenvalue weighted by Gasteiger charge is 2.00. The first-order valence-corrected chi connectivity index (χ1v) is 6.56. The molecule has 5 nitrogen and oxygen atoms in total. The largest absolute Gasteiger partial charge is 0.399 e. The maximum atomic E-state index is 5.76. The van der Waals surface area contributed by atoms with Gasteiger partial charge in [-0.25, -0.2) is 9.97 Å². The van der Waals surface area contributed by atoms with E-state index in [4.69, 9.17) is 5.73 Å². The van der Waals surface area contributed by atoms with Gasteiger partial charge in [0.05, 0.1) is 0 Å². The number of anilines is 5. The first-order chi connectivity index (χ1) is 10.3. The minimum absolute atomic E-state index is 0.703. The summed E-state index contributed by atoms with van der Waals surface area (Å²) < 4.78 is 0. The quantitative estimate of drug-likeness (QED) is 0.636. The molecule has 0 bridgehead atoms. The molecule has 21 heavy (non-hydrogen) atoms. The zero-order valence-electron chi connectivity index (χ0n) is 11.3. The molecule has 0 aliphatic carbocycles. The van der Waals surface area contributed by atoms with Crippen LogP contribution in [0.25, 0.3) is 0 Å². The molecule has 3 aromatic rings. The third-order valence-electron chi connectivity index (χ3n) is 2.87. The van der Waals surface area contributed by atoms with Crippen molar-refractivity contribution in [3.8, 4) is 0 Å². The molecule has 0 radical (unpaired) electrons. The van der Waals surface area contributed by atoms with Crippen LogP contribution in [0.5, 0.6) is 0 Å². The zero-order valence-corrected chi connectivity index (χ0v) is 11.3. The summed E-state index contributed by atoms with van der Waals surface area (Å²) in [5, 5.41) is 6.43. The van der Waals surface area contributed by atoms with Crippen LogP contribution in [0.2, 0.25) is 0 Å². The van der Waals surface area contributed by atoms with Crippen LogP contribution in [0.15, 0.2) is 67.0 Å². The van der Waals surface area contributed by atoms with Gasteiger partial charge in [-0.1, -0.05) is 24.3 Å². The fourth-order valence-corrected chi connectivity index (χ4v) is 1.93. The van der Waals surface area contributed by atoms with E-state index >= 15 is 0 Å². The predicted octanol–water partition coefficient (Wildman–Crippen LogP) is 3.55. The van der Waals surface area contributed by atoms with Gasteiger partial charge in [-0.15, -0.1) is 0 Å². The fraction of sp³-hybridized carbons (Fsp3) is 0. The Labute approximate surface area is 122 Å². The molecule has 1 heterocycles. The van der Waals surface area contributed by atoms with Crippen molar-refractivity contribution in [2.45, 2.75) is 0 Å². The summed E-state index contributed by atoms with van der Waals surface area (Å²) in [6, 6.07) is 19.2. The van der Waals surface area contributed by atoms with E-state index in [9.17, 15) is 0 Å². The van der Waals surface area contributed by atoms with Crippen molar-refractivity contribution in [2.75, 3.05) is 16.4 Å². The van der Waals surface area contributed by atoms with Crippen molar-refractivity contribution in [1.29, 1.82) is 0 Å². The van der Waals surface area contributed by atoms with Crippen molar-refractivity contribution < 1.29 is 0 Å². The van der Waals surface area contributed by atoms with Crippen LogP contribution in [0.4, 0.5) is 28.7 Å². The summed E-state index contributed by atoms with van der Waals surface area (Å²) in [6.45, 7) is 0. The summed E-state index contributed by atoms with van der Waals surface area (Å²) in [6.07, 6.45) is 1.51. The van der Waals surface area contributed by atoms with Crippen LogP contribution in [0.3, 0.4) is 0 Å². The molecule has 0 fully saturated rings. The van der Waals surface area contributed by atoms with Crippen molar-refractivity contribution in [1.82, 2.24) is 9.97 Å². The molecular weight excluding hydrogens is 262 g/mol. The second-order valence-corrected chi connectivity index (χ2v) is 4.53. The molecule has 0 amide bonds. The van der Waals surface area contributed by atoms with Gasteiger partial charge in [-0.2, -0.15) is 0 Å². The van der Waals surface area contributed by atoms with Gasteiger partial charge < -0.3 is 16.4 Å². The third kappa shape index (κ3) is 3.48. The van der Waals surface area contributed by atoms with E-state index in [-0.39, 0.29) is 0 Å². The second kappa shape index (κ2) is 5.92. The molecule has 0 unspecified atom stereocenters.